The van der Waals surface area contributed by atoms with Crippen LogP contribution in [0, 0.1) is 0 Å². The first kappa shape index (κ1) is 30.1. The summed E-state index contributed by atoms with van der Waals surface area (Å²) in [5.74, 6) is 1.97. The van der Waals surface area contributed by atoms with Gasteiger partial charge in [-0.05, 0) is 95.5 Å². The number of ether oxygens (including phenoxy) is 2. The van der Waals surface area contributed by atoms with Crippen LogP contribution in [0.2, 0.25) is 0 Å². The van der Waals surface area contributed by atoms with Crippen molar-refractivity contribution in [1.82, 2.24) is 9.80 Å². The Kier molecular flexibility index (Phi) is 7.65. The van der Waals surface area contributed by atoms with Crippen molar-refractivity contribution in [2.75, 3.05) is 14.2 Å². The fourth-order valence-corrected chi connectivity index (χ4v) is 9.66. The molecule has 4 saturated heterocycles. The second-order valence-corrected chi connectivity index (χ2v) is 14.7. The molecular weight excluding hydrogens is 538 g/mol. The molecule has 2 aromatic carbocycles. The Labute approximate surface area is 257 Å². The molecule has 0 radical (unpaired) electrons. The van der Waals surface area contributed by atoms with Gasteiger partial charge in [-0.3, -0.25) is 14.6 Å². The first-order valence-corrected chi connectivity index (χ1v) is 16.0. The minimum absolute atomic E-state index is 0.114. The van der Waals surface area contributed by atoms with Crippen molar-refractivity contribution >= 4 is 11.5 Å². The number of piperidine rings is 4. The van der Waals surface area contributed by atoms with Gasteiger partial charge in [-0.25, -0.2) is 0 Å². The van der Waals surface area contributed by atoms with Crippen molar-refractivity contribution in [2.45, 2.75) is 127 Å². The highest BCUT2D eigenvalue weighted by Crippen LogP contribution is 2.55. The average molecular weight is 588 g/mol. The third-order valence-electron chi connectivity index (χ3n) is 11.6. The van der Waals surface area contributed by atoms with Crippen LogP contribution in [0.15, 0.2) is 47.6 Å². The molecule has 0 aliphatic carbocycles. The van der Waals surface area contributed by atoms with E-state index < -0.39 is 0 Å². The number of Topliss-reactive ketones (excluding diaryl/α,β-unsaturated/α-hetero) is 1. The highest BCUT2D eigenvalue weighted by molar-refractivity contribution is 5.94. The summed E-state index contributed by atoms with van der Waals surface area (Å²) in [6, 6.07) is 15.0. The number of ketones is 1. The van der Waals surface area contributed by atoms with Crippen molar-refractivity contribution in [1.29, 1.82) is 0 Å². The predicted octanol–water partition coefficient (Wildman–Crippen LogP) is 7.09. The summed E-state index contributed by atoms with van der Waals surface area (Å²) < 4.78 is 11.4. The summed E-state index contributed by atoms with van der Waals surface area (Å²) in [4.78, 5) is 18.1. The molecule has 5 unspecified atom stereocenters. The molecule has 7 nitrogen and oxygen atoms in total. The Balaban J connectivity index is 1.40. The normalized spacial score (nSPS) is 35.6. The molecule has 4 heterocycles. The maximum atomic E-state index is 12.8. The van der Waals surface area contributed by atoms with E-state index in [0.29, 0.717) is 25.0 Å². The number of benzene rings is 2. The Morgan fingerprint density at radius 2 is 1.37 bits per heavy atom. The Bertz CT molecular complexity index is 1390. The van der Waals surface area contributed by atoms with Crippen molar-refractivity contribution in [3.63, 3.8) is 0 Å². The quantitative estimate of drug-likeness (QED) is 0.275. The zero-order chi connectivity index (χ0) is 30.6. The van der Waals surface area contributed by atoms with Crippen LogP contribution in [0.4, 0.5) is 0 Å². The first-order valence-electron chi connectivity index (χ1n) is 16.0. The lowest BCUT2D eigenvalue weighted by Gasteiger charge is -2.62. The minimum Gasteiger partial charge on any atom is -0.497 e. The molecule has 4 fully saturated rings. The Morgan fingerprint density at radius 1 is 0.791 bits per heavy atom. The van der Waals surface area contributed by atoms with Gasteiger partial charge in [0.05, 0.1) is 19.9 Å². The third-order valence-corrected chi connectivity index (χ3v) is 11.6. The zero-order valence-corrected chi connectivity index (χ0v) is 26.9. The first-order chi connectivity index (χ1) is 20.5. The van der Waals surface area contributed by atoms with E-state index in [9.17, 15) is 10.0 Å². The van der Waals surface area contributed by atoms with E-state index in [0.717, 1.165) is 68.0 Å². The van der Waals surface area contributed by atoms with Crippen LogP contribution in [0.5, 0.6) is 11.5 Å². The fourth-order valence-electron chi connectivity index (χ4n) is 9.66. The van der Waals surface area contributed by atoms with Gasteiger partial charge in [-0.2, -0.15) is 0 Å². The molecule has 4 bridgehead atoms. The van der Waals surface area contributed by atoms with Gasteiger partial charge in [0.2, 0.25) is 0 Å². The molecule has 6 rings (SSSR count). The van der Waals surface area contributed by atoms with Crippen molar-refractivity contribution < 1.29 is 19.5 Å². The Morgan fingerprint density at radius 3 is 1.98 bits per heavy atom. The van der Waals surface area contributed by atoms with Gasteiger partial charge in [0.1, 0.15) is 17.3 Å². The van der Waals surface area contributed by atoms with Gasteiger partial charge in [-0.1, -0.05) is 29.4 Å². The van der Waals surface area contributed by atoms with Gasteiger partial charge >= 0.3 is 0 Å². The molecule has 7 heteroatoms. The molecule has 1 N–H and O–H groups in total. The summed E-state index contributed by atoms with van der Waals surface area (Å²) in [6.07, 6.45) is 8.44. The summed E-state index contributed by atoms with van der Waals surface area (Å²) >= 11 is 0. The summed E-state index contributed by atoms with van der Waals surface area (Å²) in [5, 5.41) is 14.5. The van der Waals surface area contributed by atoms with Crippen LogP contribution >= 0.6 is 0 Å². The maximum Gasteiger partial charge on any atom is 0.136 e. The minimum atomic E-state index is -0.273. The van der Waals surface area contributed by atoms with Gasteiger partial charge in [0.15, 0.2) is 0 Å². The lowest BCUT2D eigenvalue weighted by molar-refractivity contribution is -0.144. The van der Waals surface area contributed by atoms with Crippen molar-refractivity contribution in [2.24, 2.45) is 5.16 Å². The van der Waals surface area contributed by atoms with E-state index in [1.807, 2.05) is 12.1 Å². The van der Waals surface area contributed by atoms with E-state index in [1.54, 1.807) is 14.2 Å². The van der Waals surface area contributed by atoms with Crippen molar-refractivity contribution in [3.05, 3.63) is 59.2 Å². The Hall–Kier alpha value is -2.90. The topological polar surface area (TPSA) is 74.6 Å². The summed E-state index contributed by atoms with van der Waals surface area (Å²) in [7, 11) is 3.44. The number of carbonyl (C=O) groups is 1. The number of carbonyl (C=O) groups excluding carboxylic acids is 1. The van der Waals surface area contributed by atoms with E-state index in [4.69, 9.17) is 9.47 Å². The number of oxime groups is 1. The standard InChI is InChI=1S/C36H49N3O4/c1-33-15-7-16-34(2,21-27(40)20-33)38(33)24-26-11-14-31(43-6)29(19-26)32-30(37-41)22-35(3)17-8-18-36(32,4)39(35)23-25-9-12-28(42-5)13-10-25/h9-14,19,32,41H,7-8,15-18,20-24H2,1-6H3/b37-30+. The smallest absolute Gasteiger partial charge is 0.136 e. The summed E-state index contributed by atoms with van der Waals surface area (Å²) in [5.41, 5.74) is 3.78. The van der Waals surface area contributed by atoms with Crippen LogP contribution < -0.4 is 9.47 Å². The number of fused-ring (bicyclic) bond motifs is 4. The SMILES string of the molecule is COc1ccc(CN2C3(C)CCCC2(C)C(c2cc(CN4C5(C)CCCC4(C)CC(=O)C5)ccc2OC)/C(=N/O)C3)cc1. The highest BCUT2D eigenvalue weighted by atomic mass is 16.5. The molecule has 43 heavy (non-hydrogen) atoms. The number of methoxy groups -OCH3 is 2. The second-order valence-electron chi connectivity index (χ2n) is 14.7. The van der Waals surface area contributed by atoms with Gasteiger partial charge in [-0.15, -0.1) is 0 Å². The number of nitrogens with zero attached hydrogens (tertiary/aromatic N) is 3. The molecule has 0 aromatic heterocycles. The maximum absolute atomic E-state index is 12.8. The molecule has 0 spiro atoms. The summed E-state index contributed by atoms with van der Waals surface area (Å²) in [6.45, 7) is 10.9. The monoisotopic (exact) mass is 587 g/mol. The molecule has 4 aliphatic rings. The lowest BCUT2D eigenvalue weighted by atomic mass is 9.60. The lowest BCUT2D eigenvalue weighted by Crippen LogP contribution is -2.68. The molecule has 0 saturated carbocycles. The van der Waals surface area contributed by atoms with Crippen LogP contribution in [0.3, 0.4) is 0 Å². The van der Waals surface area contributed by atoms with Gasteiger partial charge in [0, 0.05) is 66.0 Å². The van der Waals surface area contributed by atoms with Gasteiger partial charge < -0.3 is 14.7 Å². The molecular formula is C36H49N3O4. The zero-order valence-electron chi connectivity index (χ0n) is 26.9. The molecule has 0 amide bonds. The fraction of sp³-hybridized carbons (Fsp3) is 0.611. The van der Waals surface area contributed by atoms with Crippen LogP contribution in [-0.4, -0.2) is 62.9 Å². The third kappa shape index (κ3) is 5.06. The largest absolute Gasteiger partial charge is 0.497 e. The van der Waals surface area contributed by atoms with Crippen LogP contribution in [0.25, 0.3) is 0 Å². The second kappa shape index (κ2) is 10.9. The van der Waals surface area contributed by atoms with E-state index >= 15 is 0 Å². The van der Waals surface area contributed by atoms with Crippen molar-refractivity contribution in [3.8, 4) is 11.5 Å². The van der Waals surface area contributed by atoms with E-state index in [2.05, 4.69) is 73.0 Å². The van der Waals surface area contributed by atoms with Crippen LogP contribution in [-0.2, 0) is 17.9 Å². The predicted molar refractivity (Wildman–Crippen MR) is 169 cm³/mol. The molecule has 5 atom stereocenters. The average Bonchev–Trinajstić information content (AvgIpc) is 2.95. The molecule has 232 valence electrons. The van der Waals surface area contributed by atoms with Gasteiger partial charge in [0.25, 0.3) is 0 Å². The number of rotatable bonds is 7. The van der Waals surface area contributed by atoms with E-state index in [1.165, 1.54) is 17.5 Å². The molecule has 4 aliphatic heterocycles. The number of hydrogen-bond donors (Lipinski definition) is 1. The number of hydrogen-bond acceptors (Lipinski definition) is 7. The van der Waals surface area contributed by atoms with E-state index in [-0.39, 0.29) is 28.1 Å². The van der Waals surface area contributed by atoms with Crippen LogP contribution in [0.1, 0.15) is 108 Å². The highest BCUT2D eigenvalue weighted by Gasteiger charge is 2.58. The molecule has 2 aromatic rings.